The quantitative estimate of drug-likeness (QED) is 0.322. The van der Waals surface area contributed by atoms with E-state index in [1.54, 1.807) is 0 Å². The van der Waals surface area contributed by atoms with Gasteiger partial charge >= 0.3 is 88.7 Å². The summed E-state index contributed by atoms with van der Waals surface area (Å²) in [7, 11) is 0. The van der Waals surface area contributed by atoms with E-state index in [0.717, 1.165) is 27.7 Å². The second-order valence-electron chi connectivity index (χ2n) is 2.08. The van der Waals surface area contributed by atoms with Gasteiger partial charge < -0.3 is 24.7 Å². The molecule has 0 amide bonds. The molecule has 11 heteroatoms. The third-order valence-electron chi connectivity index (χ3n) is 0. The molecule has 8 nitrogen and oxygen atoms in total. The maximum atomic E-state index is 9.00. The second kappa shape index (κ2) is 36.4. The van der Waals surface area contributed by atoms with Gasteiger partial charge in [0.25, 0.3) is 23.9 Å². The molecule has 0 spiro atoms. The molecule has 0 aromatic rings. The van der Waals surface area contributed by atoms with E-state index in [4.69, 9.17) is 39.6 Å². The van der Waals surface area contributed by atoms with Gasteiger partial charge in [0.1, 0.15) is 0 Å². The number of carbonyl (C=O) groups is 4. The Morgan fingerprint density at radius 1 is 0.526 bits per heavy atom. The number of aliphatic carboxylic acids is 4. The SMILES string of the molecule is CC(=O)O.CC(=O)O.CC(=O)O.CC(=O)O.[H-].[H-].[H-].[Na+].[Na+].[Na+]. The van der Waals surface area contributed by atoms with Crippen LogP contribution >= 0.6 is 0 Å². The molecule has 0 aromatic heterocycles. The molecule has 0 aliphatic heterocycles. The van der Waals surface area contributed by atoms with Crippen LogP contribution in [-0.2, 0) is 19.2 Å². The Morgan fingerprint density at radius 3 is 0.526 bits per heavy atom. The number of hydrogen-bond acceptors (Lipinski definition) is 4. The molecule has 0 rings (SSSR count). The molecule has 0 radical (unpaired) electrons. The van der Waals surface area contributed by atoms with E-state index in [-0.39, 0.29) is 93.0 Å². The van der Waals surface area contributed by atoms with Crippen molar-refractivity contribution in [3.05, 3.63) is 0 Å². The van der Waals surface area contributed by atoms with Crippen LogP contribution in [0.1, 0.15) is 32.0 Å². The van der Waals surface area contributed by atoms with Gasteiger partial charge in [0.2, 0.25) is 0 Å². The standard InChI is InChI=1S/4C2H4O2.3Na.3H/c4*1-2(3)4;;;;;;/h4*1H3,(H,3,4);;;;;;/q;;;;3*+1;3*-1. The zero-order chi connectivity index (χ0) is 14.3. The summed E-state index contributed by atoms with van der Waals surface area (Å²) in [6.07, 6.45) is 0. The van der Waals surface area contributed by atoms with E-state index >= 15 is 0 Å². The van der Waals surface area contributed by atoms with E-state index in [2.05, 4.69) is 0 Å². The van der Waals surface area contributed by atoms with Crippen LogP contribution in [0, 0.1) is 0 Å². The fourth-order valence-corrected chi connectivity index (χ4v) is 0. The predicted octanol–water partition coefficient (Wildman–Crippen LogP) is -8.29. The smallest absolute Gasteiger partial charge is 1.00 e. The number of carboxylic acids is 4. The molecular formula is C8H19Na3O8. The van der Waals surface area contributed by atoms with Gasteiger partial charge in [-0.15, -0.1) is 0 Å². The topological polar surface area (TPSA) is 149 Å². The number of carboxylic acid groups (broad SMARTS) is 4. The van der Waals surface area contributed by atoms with Gasteiger partial charge in [-0.2, -0.15) is 0 Å². The molecule has 0 saturated heterocycles. The number of rotatable bonds is 0. The summed E-state index contributed by atoms with van der Waals surface area (Å²) in [5.41, 5.74) is 0. The zero-order valence-electron chi connectivity index (χ0n) is 15.4. The fraction of sp³-hybridized carbons (Fsp3) is 0.500. The third-order valence-corrected chi connectivity index (χ3v) is 0. The van der Waals surface area contributed by atoms with E-state index in [0.29, 0.717) is 0 Å². The summed E-state index contributed by atoms with van der Waals surface area (Å²) < 4.78 is 0. The molecule has 0 unspecified atom stereocenters. The summed E-state index contributed by atoms with van der Waals surface area (Å²) in [5, 5.41) is 29.7. The summed E-state index contributed by atoms with van der Waals surface area (Å²) >= 11 is 0. The van der Waals surface area contributed by atoms with Crippen LogP contribution in [0.25, 0.3) is 0 Å². The minimum atomic E-state index is -0.833. The van der Waals surface area contributed by atoms with Crippen molar-refractivity contribution < 1.29 is 133 Å². The molecular weight excluding hydrogens is 293 g/mol. The van der Waals surface area contributed by atoms with Crippen LogP contribution in [0.15, 0.2) is 0 Å². The minimum absolute atomic E-state index is 0. The first-order valence-electron chi connectivity index (χ1n) is 3.71. The Balaban J connectivity index is -0.00000001000. The van der Waals surface area contributed by atoms with Crippen LogP contribution < -0.4 is 88.7 Å². The van der Waals surface area contributed by atoms with Gasteiger partial charge in [0, 0.05) is 27.7 Å². The Morgan fingerprint density at radius 2 is 0.526 bits per heavy atom. The van der Waals surface area contributed by atoms with E-state index in [9.17, 15) is 0 Å². The van der Waals surface area contributed by atoms with Gasteiger partial charge in [0.05, 0.1) is 0 Å². The average Bonchev–Trinajstić information content (AvgIpc) is 1.76. The van der Waals surface area contributed by atoms with Crippen molar-refractivity contribution in [1.82, 2.24) is 0 Å². The largest absolute Gasteiger partial charge is 1.00 e. The van der Waals surface area contributed by atoms with Gasteiger partial charge in [-0.1, -0.05) is 0 Å². The van der Waals surface area contributed by atoms with Crippen LogP contribution in [0.3, 0.4) is 0 Å². The van der Waals surface area contributed by atoms with Gasteiger partial charge in [-0.25, -0.2) is 0 Å². The molecule has 0 saturated carbocycles. The maximum absolute atomic E-state index is 9.00. The first-order valence-corrected chi connectivity index (χ1v) is 3.71. The zero-order valence-corrected chi connectivity index (χ0v) is 18.4. The molecule has 4 N–H and O–H groups in total. The summed E-state index contributed by atoms with van der Waals surface area (Å²) in [5.74, 6) is -3.33. The summed E-state index contributed by atoms with van der Waals surface area (Å²) in [4.78, 5) is 36.0. The van der Waals surface area contributed by atoms with E-state index in [1.165, 1.54) is 0 Å². The number of hydrogen-bond donors (Lipinski definition) is 4. The van der Waals surface area contributed by atoms with Crippen LogP contribution in [0.4, 0.5) is 0 Å². The van der Waals surface area contributed by atoms with Crippen LogP contribution in [0.2, 0.25) is 0 Å². The average molecular weight is 312 g/mol. The van der Waals surface area contributed by atoms with Crippen molar-refractivity contribution in [1.29, 1.82) is 0 Å². The second-order valence-corrected chi connectivity index (χ2v) is 2.08. The Labute approximate surface area is 182 Å². The van der Waals surface area contributed by atoms with Crippen molar-refractivity contribution in [3.8, 4) is 0 Å². The molecule has 0 bridgehead atoms. The monoisotopic (exact) mass is 312 g/mol. The molecule has 0 aliphatic carbocycles. The van der Waals surface area contributed by atoms with Crippen molar-refractivity contribution >= 4 is 23.9 Å². The normalized spacial score (nSPS) is 5.26. The molecule has 0 aromatic carbocycles. The molecule has 102 valence electrons. The van der Waals surface area contributed by atoms with Crippen LogP contribution in [0.5, 0.6) is 0 Å². The van der Waals surface area contributed by atoms with Gasteiger partial charge in [0.15, 0.2) is 0 Å². The third kappa shape index (κ3) is 6950. The van der Waals surface area contributed by atoms with Crippen molar-refractivity contribution in [2.45, 2.75) is 27.7 Å². The molecule has 19 heavy (non-hydrogen) atoms. The first-order chi connectivity index (χ1) is 6.93. The summed E-state index contributed by atoms with van der Waals surface area (Å²) in [6.45, 7) is 4.33. The van der Waals surface area contributed by atoms with Crippen molar-refractivity contribution in [3.63, 3.8) is 0 Å². The predicted molar refractivity (Wildman–Crippen MR) is 56.6 cm³/mol. The molecule has 0 atom stereocenters. The van der Waals surface area contributed by atoms with E-state index < -0.39 is 23.9 Å². The Kier molecular flexibility index (Phi) is 81.8. The van der Waals surface area contributed by atoms with Gasteiger partial charge in [-0.05, 0) is 0 Å². The van der Waals surface area contributed by atoms with Crippen molar-refractivity contribution in [2.24, 2.45) is 0 Å². The van der Waals surface area contributed by atoms with Crippen molar-refractivity contribution in [2.75, 3.05) is 0 Å². The van der Waals surface area contributed by atoms with E-state index in [1.807, 2.05) is 0 Å². The first kappa shape index (κ1) is 42.7. The molecule has 0 heterocycles. The minimum Gasteiger partial charge on any atom is -1.00 e. The van der Waals surface area contributed by atoms with Crippen LogP contribution in [-0.4, -0.2) is 44.3 Å². The van der Waals surface area contributed by atoms with Gasteiger partial charge in [-0.3, -0.25) is 19.2 Å². The molecule has 0 fully saturated rings. The maximum Gasteiger partial charge on any atom is 1.00 e. The Bertz CT molecular complexity index is 181. The fourth-order valence-electron chi connectivity index (χ4n) is 0. The molecule has 0 aliphatic rings. The Hall–Kier alpha value is 0.880. The summed E-state index contributed by atoms with van der Waals surface area (Å²) in [6, 6.07) is 0.